The predicted octanol–water partition coefficient (Wildman–Crippen LogP) is 3.43. The Hall–Kier alpha value is -2.94. The summed E-state index contributed by atoms with van der Waals surface area (Å²) in [5.74, 6) is 0.729. The first-order valence-corrected chi connectivity index (χ1v) is 8.36. The summed E-state index contributed by atoms with van der Waals surface area (Å²) in [5.41, 5.74) is 1.09. The largest absolute Gasteiger partial charge is 0.324 e. The second kappa shape index (κ2) is 6.52. The number of benzene rings is 1. The third-order valence-electron chi connectivity index (χ3n) is 4.77. The van der Waals surface area contributed by atoms with Crippen LogP contribution in [-0.2, 0) is 4.79 Å². The van der Waals surface area contributed by atoms with Crippen LogP contribution in [0.15, 0.2) is 36.5 Å². The van der Waals surface area contributed by atoms with E-state index in [9.17, 15) is 10.1 Å². The lowest BCUT2D eigenvalue weighted by Gasteiger charge is -2.24. The van der Waals surface area contributed by atoms with Crippen LogP contribution in [0, 0.1) is 29.6 Å². The molecule has 1 amide bonds. The molecule has 1 aromatic heterocycles. The number of aromatic nitrogens is 2. The van der Waals surface area contributed by atoms with E-state index in [4.69, 9.17) is 0 Å². The molecule has 1 unspecified atom stereocenters. The molecule has 6 nitrogen and oxygen atoms in total. The molecule has 0 radical (unpaired) electrons. The number of rotatable bonds is 4. The number of nitrogens with one attached hydrogen (secondary N) is 1. The lowest BCUT2D eigenvalue weighted by Crippen LogP contribution is -2.37. The highest BCUT2D eigenvalue weighted by Gasteiger charge is 2.50. The molecule has 1 N–H and O–H groups in total. The number of carbonyl (C=O) groups is 1. The van der Waals surface area contributed by atoms with Gasteiger partial charge in [-0.15, -0.1) is 0 Å². The molecular formula is C19H21N5O. The smallest absolute Gasteiger partial charge is 0.248 e. The average molecular weight is 335 g/mol. The predicted molar refractivity (Wildman–Crippen MR) is 96.3 cm³/mol. The van der Waals surface area contributed by atoms with Gasteiger partial charge in [0, 0.05) is 18.4 Å². The van der Waals surface area contributed by atoms with Gasteiger partial charge in [-0.3, -0.25) is 9.69 Å². The van der Waals surface area contributed by atoms with E-state index in [1.807, 2.05) is 45.0 Å². The first-order chi connectivity index (χ1) is 12.0. The molecule has 0 saturated carbocycles. The molecule has 0 spiro atoms. The fourth-order valence-electron chi connectivity index (χ4n) is 3.05. The second-order valence-corrected chi connectivity index (χ2v) is 6.67. The summed E-state index contributed by atoms with van der Waals surface area (Å²) in [5, 5.41) is 12.7. The number of nitrogens with zero attached hydrogens (tertiary/aromatic N) is 4. The molecule has 6 heteroatoms. The van der Waals surface area contributed by atoms with Gasteiger partial charge >= 0.3 is 0 Å². The molecule has 1 aliphatic rings. The fourth-order valence-corrected chi connectivity index (χ4v) is 3.05. The van der Waals surface area contributed by atoms with Crippen molar-refractivity contribution in [3.8, 4) is 6.07 Å². The first-order valence-electron chi connectivity index (χ1n) is 8.36. The third kappa shape index (κ3) is 3.05. The van der Waals surface area contributed by atoms with E-state index >= 15 is 0 Å². The maximum absolute atomic E-state index is 12.8. The number of amides is 1. The van der Waals surface area contributed by atoms with Crippen LogP contribution in [-0.4, -0.2) is 22.4 Å². The van der Waals surface area contributed by atoms with Gasteiger partial charge in [0.05, 0.1) is 6.07 Å². The van der Waals surface area contributed by atoms with Crippen LogP contribution in [0.1, 0.15) is 25.8 Å². The van der Waals surface area contributed by atoms with Crippen LogP contribution in [0.4, 0.5) is 17.5 Å². The van der Waals surface area contributed by atoms with Crippen molar-refractivity contribution in [2.24, 2.45) is 11.3 Å². The maximum Gasteiger partial charge on any atom is 0.248 e. The van der Waals surface area contributed by atoms with E-state index in [-0.39, 0.29) is 11.8 Å². The van der Waals surface area contributed by atoms with Gasteiger partial charge in [-0.2, -0.15) is 10.2 Å². The number of aryl methyl sites for hydroxylation is 1. The molecule has 1 fully saturated rings. The zero-order valence-electron chi connectivity index (χ0n) is 14.7. The number of hydrogen-bond donors (Lipinski definition) is 1. The van der Waals surface area contributed by atoms with Gasteiger partial charge in [0.1, 0.15) is 11.2 Å². The molecular weight excluding hydrogens is 314 g/mol. The van der Waals surface area contributed by atoms with Crippen LogP contribution in [0.5, 0.6) is 0 Å². The summed E-state index contributed by atoms with van der Waals surface area (Å²) in [4.78, 5) is 23.1. The normalized spacial score (nSPS) is 20.0. The Morgan fingerprint density at radius 1 is 1.28 bits per heavy atom. The maximum atomic E-state index is 12.8. The minimum absolute atomic E-state index is 0.0398. The average Bonchev–Trinajstić information content (AvgIpc) is 2.95. The molecule has 1 aliphatic heterocycles. The highest BCUT2D eigenvalue weighted by atomic mass is 16.2. The Morgan fingerprint density at radius 2 is 2.00 bits per heavy atom. The number of hydrogen-bond acceptors (Lipinski definition) is 5. The molecule has 128 valence electrons. The van der Waals surface area contributed by atoms with Crippen molar-refractivity contribution in [3.05, 3.63) is 42.1 Å². The number of anilines is 3. The molecule has 2 heterocycles. The zero-order valence-corrected chi connectivity index (χ0v) is 14.7. The third-order valence-corrected chi connectivity index (χ3v) is 4.77. The van der Waals surface area contributed by atoms with E-state index in [0.29, 0.717) is 24.7 Å². The molecule has 2 aromatic rings. The minimum atomic E-state index is -0.963. The molecule has 25 heavy (non-hydrogen) atoms. The molecule has 1 aromatic carbocycles. The summed E-state index contributed by atoms with van der Waals surface area (Å²) >= 11 is 0. The van der Waals surface area contributed by atoms with Crippen molar-refractivity contribution in [1.82, 2.24) is 9.97 Å². The summed E-state index contributed by atoms with van der Waals surface area (Å²) < 4.78 is 0. The summed E-state index contributed by atoms with van der Waals surface area (Å²) in [6.45, 7) is 6.34. The van der Waals surface area contributed by atoms with Crippen molar-refractivity contribution in [2.75, 3.05) is 16.8 Å². The van der Waals surface area contributed by atoms with Crippen molar-refractivity contribution in [3.63, 3.8) is 0 Å². The Bertz CT molecular complexity index is 824. The topological polar surface area (TPSA) is 81.9 Å². The van der Waals surface area contributed by atoms with Gasteiger partial charge in [-0.05, 0) is 37.5 Å². The van der Waals surface area contributed by atoms with Gasteiger partial charge in [-0.1, -0.05) is 31.5 Å². The van der Waals surface area contributed by atoms with Crippen molar-refractivity contribution in [2.45, 2.75) is 27.2 Å². The fraction of sp³-hybridized carbons (Fsp3) is 0.368. The zero-order chi connectivity index (χ0) is 18.0. The molecule has 1 atom stereocenters. The van der Waals surface area contributed by atoms with E-state index in [2.05, 4.69) is 21.4 Å². The van der Waals surface area contributed by atoms with E-state index in [1.165, 1.54) is 5.56 Å². The molecule has 0 bridgehead atoms. The molecule has 3 rings (SSSR count). The molecule has 1 saturated heterocycles. The number of nitriles is 1. The highest BCUT2D eigenvalue weighted by molar-refractivity contribution is 6.01. The van der Waals surface area contributed by atoms with E-state index in [1.54, 1.807) is 17.2 Å². The SMILES string of the molecule is Cc1ccc(Nc2nccc(N3CCC(C#N)(C(C)C)C3=O)n2)cc1. The van der Waals surface area contributed by atoms with Crippen LogP contribution >= 0.6 is 0 Å². The summed E-state index contributed by atoms with van der Waals surface area (Å²) in [6, 6.07) is 11.8. The minimum Gasteiger partial charge on any atom is -0.324 e. The van der Waals surface area contributed by atoms with Crippen molar-refractivity contribution >= 4 is 23.4 Å². The van der Waals surface area contributed by atoms with Gasteiger partial charge < -0.3 is 5.32 Å². The van der Waals surface area contributed by atoms with Crippen LogP contribution in [0.2, 0.25) is 0 Å². The van der Waals surface area contributed by atoms with E-state index in [0.717, 1.165) is 5.69 Å². The number of carbonyl (C=O) groups excluding carboxylic acids is 1. The van der Waals surface area contributed by atoms with E-state index < -0.39 is 5.41 Å². The van der Waals surface area contributed by atoms with Gasteiger partial charge in [0.2, 0.25) is 11.9 Å². The van der Waals surface area contributed by atoms with Crippen LogP contribution < -0.4 is 10.2 Å². The van der Waals surface area contributed by atoms with Crippen molar-refractivity contribution < 1.29 is 4.79 Å². The van der Waals surface area contributed by atoms with Crippen LogP contribution in [0.25, 0.3) is 0 Å². The standard InChI is InChI=1S/C19H21N5O/c1-13(2)19(12-20)9-11-24(17(19)25)16-8-10-21-18(23-16)22-15-6-4-14(3)5-7-15/h4-8,10,13H,9,11H2,1-3H3,(H,21,22,23). The van der Waals surface area contributed by atoms with Crippen molar-refractivity contribution in [1.29, 1.82) is 5.26 Å². The van der Waals surface area contributed by atoms with Gasteiger partial charge in [0.15, 0.2) is 0 Å². The Morgan fingerprint density at radius 3 is 2.60 bits per heavy atom. The van der Waals surface area contributed by atoms with Gasteiger partial charge in [0.25, 0.3) is 0 Å². The summed E-state index contributed by atoms with van der Waals surface area (Å²) in [7, 11) is 0. The summed E-state index contributed by atoms with van der Waals surface area (Å²) in [6.07, 6.45) is 2.14. The van der Waals surface area contributed by atoms with Crippen LogP contribution in [0.3, 0.4) is 0 Å². The highest BCUT2D eigenvalue weighted by Crippen LogP contribution is 2.40. The monoisotopic (exact) mass is 335 g/mol. The van der Waals surface area contributed by atoms with Gasteiger partial charge in [-0.25, -0.2) is 4.98 Å². The Labute approximate surface area is 147 Å². The first kappa shape index (κ1) is 16.9. The Balaban J connectivity index is 1.84. The lowest BCUT2D eigenvalue weighted by molar-refractivity contribution is -0.124. The molecule has 0 aliphatic carbocycles. The lowest BCUT2D eigenvalue weighted by atomic mass is 9.77. The quantitative estimate of drug-likeness (QED) is 0.925. The Kier molecular flexibility index (Phi) is 4.41. The second-order valence-electron chi connectivity index (χ2n) is 6.67.